The summed E-state index contributed by atoms with van der Waals surface area (Å²) in [5.41, 5.74) is 0. The number of amides is 2. The summed E-state index contributed by atoms with van der Waals surface area (Å²) in [6, 6.07) is -2.14. The summed E-state index contributed by atoms with van der Waals surface area (Å²) < 4.78 is 19.5. The maximum absolute atomic E-state index is 12.3. The van der Waals surface area contributed by atoms with E-state index in [0.29, 0.717) is 0 Å². The van der Waals surface area contributed by atoms with E-state index in [-0.39, 0.29) is 65.0 Å². The van der Waals surface area contributed by atoms with Crippen LogP contribution in [-0.4, -0.2) is 74.2 Å². The second kappa shape index (κ2) is 18.3. The molecule has 0 aliphatic rings. The van der Waals surface area contributed by atoms with E-state index in [1.807, 2.05) is 0 Å². The van der Waals surface area contributed by atoms with Crippen LogP contribution in [0.4, 0.5) is 0 Å². The van der Waals surface area contributed by atoms with Crippen LogP contribution in [0.3, 0.4) is 0 Å². The molecule has 0 aromatic carbocycles. The van der Waals surface area contributed by atoms with Crippen molar-refractivity contribution in [2.24, 2.45) is 0 Å². The molecule has 2 amide bonds. The van der Waals surface area contributed by atoms with Crippen LogP contribution in [0.2, 0.25) is 0 Å². The highest BCUT2D eigenvalue weighted by atomic mass is 16.5. The largest absolute Gasteiger partial charge is 0.466 e. The molecule has 0 aromatic rings. The van der Waals surface area contributed by atoms with Crippen molar-refractivity contribution in [3.05, 3.63) is 0 Å². The van der Waals surface area contributed by atoms with Gasteiger partial charge in [0, 0.05) is 25.7 Å². The summed E-state index contributed by atoms with van der Waals surface area (Å²) >= 11 is 0. The molecule has 0 heterocycles. The first-order chi connectivity index (χ1) is 16.2. The molecule has 2 atom stereocenters. The van der Waals surface area contributed by atoms with Crippen molar-refractivity contribution < 1.29 is 47.7 Å². The van der Waals surface area contributed by atoms with Crippen LogP contribution in [0.5, 0.6) is 0 Å². The van der Waals surface area contributed by atoms with Crippen LogP contribution >= 0.6 is 0 Å². The van der Waals surface area contributed by atoms with E-state index in [2.05, 4.69) is 10.6 Å². The van der Waals surface area contributed by atoms with Gasteiger partial charge in [-0.1, -0.05) is 0 Å². The van der Waals surface area contributed by atoms with E-state index in [9.17, 15) is 28.8 Å². The normalized spacial score (nSPS) is 12.0. The molecule has 0 unspecified atom stereocenters. The molecule has 0 aromatic heterocycles. The number of carbonyl (C=O) groups is 6. The third-order valence-electron chi connectivity index (χ3n) is 4.28. The van der Waals surface area contributed by atoms with Gasteiger partial charge >= 0.3 is 23.9 Å². The van der Waals surface area contributed by atoms with Gasteiger partial charge in [0.1, 0.15) is 12.1 Å². The molecular weight excluding hydrogens is 452 g/mol. The van der Waals surface area contributed by atoms with Crippen molar-refractivity contribution in [2.75, 3.05) is 26.4 Å². The zero-order valence-corrected chi connectivity index (χ0v) is 20.3. The summed E-state index contributed by atoms with van der Waals surface area (Å²) in [6.07, 6.45) is -0.800. The Morgan fingerprint density at radius 1 is 0.529 bits per heavy atom. The molecule has 0 saturated carbocycles. The van der Waals surface area contributed by atoms with Crippen molar-refractivity contribution in [1.29, 1.82) is 0 Å². The Kier molecular flexibility index (Phi) is 16.6. The van der Waals surface area contributed by atoms with Gasteiger partial charge in [0.15, 0.2) is 0 Å². The van der Waals surface area contributed by atoms with Crippen molar-refractivity contribution in [2.45, 2.75) is 78.3 Å². The molecule has 0 bridgehead atoms. The van der Waals surface area contributed by atoms with E-state index in [1.165, 1.54) is 0 Å². The standard InChI is InChI=1S/C22H36N2O10/c1-5-31-19(27)13-9-15(21(29)33-7-3)23-17(25)11-12-18(26)24-16(22(30)34-8-4)10-14-20(28)32-6-2/h15-16H,5-14H2,1-4H3,(H,23,25)(H,24,26)/t15-,16-/m0/s1. The summed E-state index contributed by atoms with van der Waals surface area (Å²) in [4.78, 5) is 71.8. The highest BCUT2D eigenvalue weighted by Crippen LogP contribution is 2.06. The Morgan fingerprint density at radius 2 is 0.853 bits per heavy atom. The lowest BCUT2D eigenvalue weighted by atomic mass is 10.1. The van der Waals surface area contributed by atoms with Gasteiger partial charge in [0.2, 0.25) is 11.8 Å². The molecule has 12 nitrogen and oxygen atoms in total. The minimum absolute atomic E-state index is 0.0194. The molecule has 0 radical (unpaired) electrons. The van der Waals surface area contributed by atoms with Crippen molar-refractivity contribution in [1.82, 2.24) is 10.6 Å². The van der Waals surface area contributed by atoms with Crippen LogP contribution < -0.4 is 10.6 Å². The van der Waals surface area contributed by atoms with Crippen LogP contribution in [0.1, 0.15) is 66.2 Å². The predicted molar refractivity (Wildman–Crippen MR) is 118 cm³/mol. The average Bonchev–Trinajstić information content (AvgIpc) is 2.78. The molecule has 34 heavy (non-hydrogen) atoms. The highest BCUT2D eigenvalue weighted by Gasteiger charge is 2.25. The van der Waals surface area contributed by atoms with Gasteiger partial charge in [0.25, 0.3) is 0 Å². The molecule has 0 rings (SSSR count). The summed E-state index contributed by atoms with van der Waals surface area (Å²) in [5.74, 6) is -3.67. The summed E-state index contributed by atoms with van der Waals surface area (Å²) in [5, 5.41) is 4.90. The maximum Gasteiger partial charge on any atom is 0.328 e. The number of nitrogens with one attached hydrogen (secondary N) is 2. The Bertz CT molecular complexity index is 637. The zero-order valence-electron chi connectivity index (χ0n) is 20.3. The number of ether oxygens (including phenoxy) is 4. The molecule has 194 valence electrons. The van der Waals surface area contributed by atoms with Crippen molar-refractivity contribution in [3.8, 4) is 0 Å². The van der Waals surface area contributed by atoms with Crippen molar-refractivity contribution >= 4 is 35.7 Å². The van der Waals surface area contributed by atoms with Crippen LogP contribution in [-0.2, 0) is 47.7 Å². The average molecular weight is 489 g/mol. The minimum atomic E-state index is -1.07. The lowest BCUT2D eigenvalue weighted by Gasteiger charge is -2.18. The number of esters is 4. The third kappa shape index (κ3) is 14.1. The lowest BCUT2D eigenvalue weighted by Crippen LogP contribution is -2.44. The second-order valence-electron chi connectivity index (χ2n) is 6.93. The molecule has 0 spiro atoms. The Morgan fingerprint density at radius 3 is 1.15 bits per heavy atom. The highest BCUT2D eigenvalue weighted by molar-refractivity contribution is 5.89. The lowest BCUT2D eigenvalue weighted by molar-refractivity contribution is -0.150. The van der Waals surface area contributed by atoms with E-state index >= 15 is 0 Å². The molecule has 0 fully saturated rings. The first-order valence-corrected chi connectivity index (χ1v) is 11.4. The maximum atomic E-state index is 12.3. The smallest absolute Gasteiger partial charge is 0.328 e. The molecule has 2 N–H and O–H groups in total. The number of carbonyl (C=O) groups excluding carboxylic acids is 6. The van der Waals surface area contributed by atoms with Crippen LogP contribution in [0.25, 0.3) is 0 Å². The Labute approximate surface area is 199 Å². The van der Waals surface area contributed by atoms with Crippen LogP contribution in [0, 0.1) is 0 Å². The number of rotatable bonds is 17. The molecule has 0 saturated heterocycles. The van der Waals surface area contributed by atoms with Crippen molar-refractivity contribution in [3.63, 3.8) is 0 Å². The second-order valence-corrected chi connectivity index (χ2v) is 6.93. The van der Waals surface area contributed by atoms with Gasteiger partial charge in [-0.05, 0) is 40.5 Å². The van der Waals surface area contributed by atoms with Gasteiger partial charge in [-0.15, -0.1) is 0 Å². The monoisotopic (exact) mass is 488 g/mol. The Hall–Kier alpha value is -3.18. The third-order valence-corrected chi connectivity index (χ3v) is 4.28. The van der Waals surface area contributed by atoms with Gasteiger partial charge < -0.3 is 29.6 Å². The van der Waals surface area contributed by atoms with Crippen LogP contribution in [0.15, 0.2) is 0 Å². The molecular formula is C22H36N2O10. The topological polar surface area (TPSA) is 163 Å². The van der Waals surface area contributed by atoms with E-state index in [0.717, 1.165) is 0 Å². The van der Waals surface area contributed by atoms with E-state index < -0.39 is 47.8 Å². The fraction of sp³-hybridized carbons (Fsp3) is 0.727. The fourth-order valence-corrected chi connectivity index (χ4v) is 2.73. The minimum Gasteiger partial charge on any atom is -0.466 e. The first-order valence-electron chi connectivity index (χ1n) is 11.4. The quantitative estimate of drug-likeness (QED) is 0.218. The van der Waals surface area contributed by atoms with Gasteiger partial charge in [0.05, 0.1) is 26.4 Å². The fourth-order valence-electron chi connectivity index (χ4n) is 2.73. The summed E-state index contributed by atoms with van der Waals surface area (Å²) in [6.45, 7) is 7.08. The Balaban J connectivity index is 4.82. The number of hydrogen-bond acceptors (Lipinski definition) is 10. The van der Waals surface area contributed by atoms with Gasteiger partial charge in [-0.2, -0.15) is 0 Å². The summed E-state index contributed by atoms with van der Waals surface area (Å²) in [7, 11) is 0. The predicted octanol–water partition coefficient (Wildman–Crippen LogP) is 0.549. The van der Waals surface area contributed by atoms with E-state index in [1.54, 1.807) is 27.7 Å². The molecule has 0 aliphatic carbocycles. The first kappa shape index (κ1) is 30.8. The van der Waals surface area contributed by atoms with Gasteiger partial charge in [-0.3, -0.25) is 19.2 Å². The van der Waals surface area contributed by atoms with E-state index in [4.69, 9.17) is 18.9 Å². The molecule has 12 heteroatoms. The molecule has 0 aliphatic heterocycles. The van der Waals surface area contributed by atoms with Gasteiger partial charge in [-0.25, -0.2) is 9.59 Å². The zero-order chi connectivity index (χ0) is 25.9. The SMILES string of the molecule is CCOC(=O)CC[C@H](NC(=O)CCC(=O)N[C@@H](CCC(=O)OCC)C(=O)OCC)C(=O)OCC. The number of hydrogen-bond donors (Lipinski definition) is 2.